The third kappa shape index (κ3) is 5.99. The van der Waals surface area contributed by atoms with Crippen LogP contribution in [0.1, 0.15) is 25.3 Å². The molecule has 1 unspecified atom stereocenters. The summed E-state index contributed by atoms with van der Waals surface area (Å²) in [6.45, 7) is 3.61. The van der Waals surface area contributed by atoms with Gasteiger partial charge < -0.3 is 9.64 Å². The summed E-state index contributed by atoms with van der Waals surface area (Å²) in [4.78, 5) is 16.3. The van der Waals surface area contributed by atoms with Crippen LogP contribution in [-0.4, -0.2) is 75.5 Å². The van der Waals surface area contributed by atoms with Crippen molar-refractivity contribution in [3.05, 3.63) is 29.8 Å². The van der Waals surface area contributed by atoms with Gasteiger partial charge in [0.1, 0.15) is 5.75 Å². The fourth-order valence-corrected chi connectivity index (χ4v) is 5.14. The Bertz CT molecular complexity index is 688. The standard InChI is InChI=1S/C19H30N2O4S/c1-4-21(17-11-13-26(23,24)15-17)19(22)14-20(2)12-5-6-16-7-9-18(25-3)10-8-16/h7-10,17H,4-6,11-15H2,1-3H3. The average Bonchev–Trinajstić information content (AvgIpc) is 2.95. The van der Waals surface area contributed by atoms with E-state index in [1.165, 1.54) is 5.56 Å². The van der Waals surface area contributed by atoms with Gasteiger partial charge >= 0.3 is 0 Å². The first-order chi connectivity index (χ1) is 12.3. The van der Waals surface area contributed by atoms with E-state index in [-0.39, 0.29) is 23.5 Å². The molecule has 1 aliphatic heterocycles. The van der Waals surface area contributed by atoms with E-state index in [0.717, 1.165) is 25.1 Å². The molecule has 1 amide bonds. The Morgan fingerprint density at radius 1 is 1.27 bits per heavy atom. The predicted octanol–water partition coefficient (Wildman–Crippen LogP) is 1.60. The fraction of sp³-hybridized carbons (Fsp3) is 0.632. The van der Waals surface area contributed by atoms with E-state index in [1.54, 1.807) is 12.0 Å². The number of benzene rings is 1. The van der Waals surface area contributed by atoms with Gasteiger partial charge in [-0.1, -0.05) is 12.1 Å². The van der Waals surface area contributed by atoms with Gasteiger partial charge in [0, 0.05) is 12.6 Å². The number of ether oxygens (including phenoxy) is 1. The minimum absolute atomic E-state index is 0.0153. The highest BCUT2D eigenvalue weighted by Crippen LogP contribution is 2.18. The molecule has 7 heteroatoms. The summed E-state index contributed by atoms with van der Waals surface area (Å²) in [5.41, 5.74) is 1.25. The van der Waals surface area contributed by atoms with Crippen molar-refractivity contribution in [1.29, 1.82) is 0 Å². The first-order valence-corrected chi connectivity index (χ1v) is 11.0. The topological polar surface area (TPSA) is 66.9 Å². The van der Waals surface area contributed by atoms with Crippen molar-refractivity contribution in [2.75, 3.05) is 45.3 Å². The van der Waals surface area contributed by atoms with Crippen LogP contribution in [0, 0.1) is 0 Å². The van der Waals surface area contributed by atoms with Crippen LogP contribution >= 0.6 is 0 Å². The van der Waals surface area contributed by atoms with Crippen LogP contribution in [0.4, 0.5) is 0 Å². The molecule has 26 heavy (non-hydrogen) atoms. The summed E-state index contributed by atoms with van der Waals surface area (Å²) < 4.78 is 28.5. The van der Waals surface area contributed by atoms with E-state index in [4.69, 9.17) is 4.74 Å². The Morgan fingerprint density at radius 3 is 2.50 bits per heavy atom. The molecule has 0 spiro atoms. The molecule has 1 aromatic carbocycles. The van der Waals surface area contributed by atoms with Gasteiger partial charge in [0.2, 0.25) is 5.91 Å². The van der Waals surface area contributed by atoms with Crippen LogP contribution in [0.25, 0.3) is 0 Å². The maximum atomic E-state index is 12.6. The number of nitrogens with zero attached hydrogens (tertiary/aromatic N) is 2. The molecule has 1 saturated heterocycles. The van der Waals surface area contributed by atoms with E-state index in [1.807, 2.05) is 31.0 Å². The van der Waals surface area contributed by atoms with E-state index in [9.17, 15) is 13.2 Å². The Kier molecular flexibility index (Phi) is 7.46. The van der Waals surface area contributed by atoms with Crippen LogP contribution in [0.15, 0.2) is 24.3 Å². The lowest BCUT2D eigenvalue weighted by molar-refractivity contribution is -0.133. The lowest BCUT2D eigenvalue weighted by Crippen LogP contribution is -2.45. The second-order valence-corrected chi connectivity index (χ2v) is 9.15. The van der Waals surface area contributed by atoms with E-state index in [2.05, 4.69) is 12.1 Å². The molecule has 146 valence electrons. The second-order valence-electron chi connectivity index (χ2n) is 6.93. The number of methoxy groups -OCH3 is 1. The van der Waals surface area contributed by atoms with Crippen LogP contribution < -0.4 is 4.74 Å². The van der Waals surface area contributed by atoms with Crippen molar-refractivity contribution in [3.8, 4) is 5.75 Å². The molecule has 1 heterocycles. The first-order valence-electron chi connectivity index (χ1n) is 9.16. The van der Waals surface area contributed by atoms with Gasteiger partial charge in [0.25, 0.3) is 0 Å². The SMILES string of the molecule is CCN(C(=O)CN(C)CCCc1ccc(OC)cc1)C1CCS(=O)(=O)C1. The van der Waals surface area contributed by atoms with E-state index < -0.39 is 9.84 Å². The minimum Gasteiger partial charge on any atom is -0.497 e. The van der Waals surface area contributed by atoms with Gasteiger partial charge in [-0.3, -0.25) is 9.69 Å². The number of carbonyl (C=O) groups is 1. The molecular formula is C19H30N2O4S. The summed E-state index contributed by atoms with van der Waals surface area (Å²) in [5.74, 6) is 1.17. The van der Waals surface area contributed by atoms with Crippen LogP contribution in [0.3, 0.4) is 0 Å². The molecule has 2 rings (SSSR count). The molecule has 0 bridgehead atoms. The van der Waals surface area contributed by atoms with Crippen LogP contribution in [0.2, 0.25) is 0 Å². The second kappa shape index (κ2) is 9.37. The molecule has 0 N–H and O–H groups in total. The van der Waals surface area contributed by atoms with Gasteiger partial charge in [0.05, 0.1) is 25.2 Å². The molecular weight excluding hydrogens is 352 g/mol. The van der Waals surface area contributed by atoms with Gasteiger partial charge in [-0.15, -0.1) is 0 Å². The average molecular weight is 383 g/mol. The number of rotatable bonds is 9. The lowest BCUT2D eigenvalue weighted by atomic mass is 10.1. The maximum Gasteiger partial charge on any atom is 0.237 e. The van der Waals surface area contributed by atoms with E-state index in [0.29, 0.717) is 19.5 Å². The Hall–Kier alpha value is -1.60. The minimum atomic E-state index is -2.98. The molecule has 0 aromatic heterocycles. The highest BCUT2D eigenvalue weighted by atomic mass is 32.2. The Morgan fingerprint density at radius 2 is 1.96 bits per heavy atom. The van der Waals surface area contributed by atoms with Crippen molar-refractivity contribution < 1.29 is 17.9 Å². The van der Waals surface area contributed by atoms with Crippen molar-refractivity contribution in [1.82, 2.24) is 9.80 Å². The number of hydrogen-bond acceptors (Lipinski definition) is 5. The van der Waals surface area contributed by atoms with Crippen molar-refractivity contribution >= 4 is 15.7 Å². The summed E-state index contributed by atoms with van der Waals surface area (Å²) in [6, 6.07) is 7.87. The molecule has 1 fully saturated rings. The van der Waals surface area contributed by atoms with Crippen LogP contribution in [-0.2, 0) is 21.1 Å². The fourth-order valence-electron chi connectivity index (χ4n) is 3.41. The van der Waals surface area contributed by atoms with E-state index >= 15 is 0 Å². The highest BCUT2D eigenvalue weighted by molar-refractivity contribution is 7.91. The molecule has 0 aliphatic carbocycles. The summed E-state index contributed by atoms with van der Waals surface area (Å²) in [6.07, 6.45) is 2.46. The van der Waals surface area contributed by atoms with Gasteiger partial charge in [-0.05, 0) is 57.5 Å². The van der Waals surface area contributed by atoms with Crippen molar-refractivity contribution in [2.45, 2.75) is 32.2 Å². The smallest absolute Gasteiger partial charge is 0.237 e. The van der Waals surface area contributed by atoms with Gasteiger partial charge in [-0.25, -0.2) is 8.42 Å². The molecule has 1 aromatic rings. The van der Waals surface area contributed by atoms with Gasteiger partial charge in [-0.2, -0.15) is 0 Å². The van der Waals surface area contributed by atoms with Gasteiger partial charge in [0.15, 0.2) is 9.84 Å². The first kappa shape index (κ1) is 20.7. The summed E-state index contributed by atoms with van der Waals surface area (Å²) in [7, 11) is 0.611. The largest absolute Gasteiger partial charge is 0.497 e. The molecule has 0 radical (unpaired) electrons. The molecule has 6 nitrogen and oxygen atoms in total. The number of sulfone groups is 1. The van der Waals surface area contributed by atoms with Crippen LogP contribution in [0.5, 0.6) is 5.75 Å². The maximum absolute atomic E-state index is 12.6. The molecule has 1 atom stereocenters. The molecule has 1 aliphatic rings. The zero-order valence-corrected chi connectivity index (χ0v) is 16.8. The number of likely N-dealkylation sites (N-methyl/N-ethyl adjacent to an activating group) is 2. The number of amides is 1. The third-order valence-electron chi connectivity index (χ3n) is 4.88. The normalized spacial score (nSPS) is 18.8. The summed E-state index contributed by atoms with van der Waals surface area (Å²) in [5, 5.41) is 0. The van der Waals surface area contributed by atoms with Crippen molar-refractivity contribution in [2.24, 2.45) is 0 Å². The Balaban J connectivity index is 1.76. The van der Waals surface area contributed by atoms with Crippen molar-refractivity contribution in [3.63, 3.8) is 0 Å². The quantitative estimate of drug-likeness (QED) is 0.649. The number of carbonyl (C=O) groups excluding carboxylic acids is 1. The predicted molar refractivity (Wildman–Crippen MR) is 103 cm³/mol. The monoisotopic (exact) mass is 382 g/mol. The highest BCUT2D eigenvalue weighted by Gasteiger charge is 2.33. The summed E-state index contributed by atoms with van der Waals surface area (Å²) >= 11 is 0. The zero-order chi connectivity index (χ0) is 19.2. The zero-order valence-electron chi connectivity index (χ0n) is 16.0. The molecule has 0 saturated carbocycles. The Labute approximate surface area is 157 Å². The number of hydrogen-bond donors (Lipinski definition) is 0. The number of aryl methyl sites for hydroxylation is 1. The lowest BCUT2D eigenvalue weighted by Gasteiger charge is -2.29. The third-order valence-corrected chi connectivity index (χ3v) is 6.63.